The molecular weight excluding hydrogens is 380 g/mol. The number of aryl methyl sites for hydroxylation is 1. The minimum absolute atomic E-state index is 0.0567. The molecule has 3 amide bonds. The highest BCUT2D eigenvalue weighted by molar-refractivity contribution is 5.98. The average Bonchev–Trinajstić information content (AvgIpc) is 3.28. The summed E-state index contributed by atoms with van der Waals surface area (Å²) in [6, 6.07) is 5.43. The molecule has 1 heterocycles. The number of nitrogens with one attached hydrogen (secondary N) is 2. The Morgan fingerprint density at radius 1 is 1.10 bits per heavy atom. The number of primary amides is 1. The van der Waals surface area contributed by atoms with E-state index in [4.69, 9.17) is 5.73 Å². The topological polar surface area (TPSA) is 105 Å². The van der Waals surface area contributed by atoms with Gasteiger partial charge in [-0.3, -0.25) is 14.4 Å². The first-order chi connectivity index (χ1) is 14.4. The number of piperidine rings is 1. The van der Waals surface area contributed by atoms with Crippen molar-refractivity contribution in [3.63, 3.8) is 0 Å². The highest BCUT2D eigenvalue weighted by Gasteiger charge is 2.24. The van der Waals surface area contributed by atoms with Crippen molar-refractivity contribution in [1.29, 1.82) is 0 Å². The number of hydrogen-bond donors (Lipinski definition) is 3. The van der Waals surface area contributed by atoms with E-state index in [0.29, 0.717) is 24.3 Å². The highest BCUT2D eigenvalue weighted by atomic mass is 16.2. The summed E-state index contributed by atoms with van der Waals surface area (Å²) < 4.78 is 0. The molecule has 1 aromatic rings. The third-order valence-corrected chi connectivity index (χ3v) is 6.33. The Morgan fingerprint density at radius 3 is 2.57 bits per heavy atom. The first-order valence-electron chi connectivity index (χ1n) is 11.2. The predicted molar refractivity (Wildman–Crippen MR) is 117 cm³/mol. The SMILES string of the molecule is Cc1ccc(C(=O)NCCCN2CCCC(C(N)=O)C2)cc1NC(=O)C1CCCC1. The zero-order chi connectivity index (χ0) is 21.5. The Hall–Kier alpha value is -2.41. The van der Waals surface area contributed by atoms with Crippen LogP contribution in [0.3, 0.4) is 0 Å². The van der Waals surface area contributed by atoms with E-state index in [9.17, 15) is 14.4 Å². The van der Waals surface area contributed by atoms with Crippen molar-refractivity contribution in [2.75, 3.05) is 31.5 Å². The minimum atomic E-state index is -0.219. The molecule has 1 unspecified atom stereocenters. The van der Waals surface area contributed by atoms with Gasteiger partial charge in [-0.25, -0.2) is 0 Å². The van der Waals surface area contributed by atoms with Crippen LogP contribution in [0.25, 0.3) is 0 Å². The molecule has 7 heteroatoms. The van der Waals surface area contributed by atoms with Crippen LogP contribution in [0.1, 0.15) is 60.9 Å². The molecule has 2 aliphatic rings. The molecule has 1 atom stereocenters. The monoisotopic (exact) mass is 414 g/mol. The number of anilines is 1. The van der Waals surface area contributed by atoms with Crippen molar-refractivity contribution in [2.24, 2.45) is 17.6 Å². The lowest BCUT2D eigenvalue weighted by molar-refractivity contribution is -0.123. The molecule has 4 N–H and O–H groups in total. The number of carbonyl (C=O) groups excluding carboxylic acids is 3. The Morgan fingerprint density at radius 2 is 1.83 bits per heavy atom. The molecule has 7 nitrogen and oxygen atoms in total. The van der Waals surface area contributed by atoms with Gasteiger partial charge in [-0.05, 0) is 69.8 Å². The van der Waals surface area contributed by atoms with Crippen molar-refractivity contribution in [1.82, 2.24) is 10.2 Å². The Balaban J connectivity index is 1.46. The quantitative estimate of drug-likeness (QED) is 0.568. The van der Waals surface area contributed by atoms with Crippen LogP contribution in [-0.4, -0.2) is 48.8 Å². The smallest absolute Gasteiger partial charge is 0.251 e. The van der Waals surface area contributed by atoms with Gasteiger partial charge in [-0.2, -0.15) is 0 Å². The van der Waals surface area contributed by atoms with Gasteiger partial charge in [0.25, 0.3) is 5.91 Å². The molecule has 3 rings (SSSR count). The average molecular weight is 415 g/mol. The second kappa shape index (κ2) is 10.6. The van der Waals surface area contributed by atoms with Crippen LogP contribution in [0.15, 0.2) is 18.2 Å². The maximum atomic E-state index is 12.5. The summed E-state index contributed by atoms with van der Waals surface area (Å²) in [4.78, 5) is 38.6. The van der Waals surface area contributed by atoms with Crippen LogP contribution >= 0.6 is 0 Å². The van der Waals surface area contributed by atoms with Gasteiger partial charge >= 0.3 is 0 Å². The Bertz CT molecular complexity index is 774. The normalized spacial score (nSPS) is 20.1. The number of likely N-dealkylation sites (tertiary alicyclic amines) is 1. The third-order valence-electron chi connectivity index (χ3n) is 6.33. The molecule has 1 aliphatic heterocycles. The summed E-state index contributed by atoms with van der Waals surface area (Å²) in [6.45, 7) is 5.02. The summed E-state index contributed by atoms with van der Waals surface area (Å²) in [7, 11) is 0. The number of nitrogens with two attached hydrogens (primary N) is 1. The standard InChI is InChI=1S/C23H34N4O3/c1-16-9-10-18(14-20(16)26-23(30)17-6-2-3-7-17)22(29)25-11-5-13-27-12-4-8-19(15-27)21(24)28/h9-10,14,17,19H,2-8,11-13,15H2,1H3,(H2,24,28)(H,25,29)(H,26,30). The Kier molecular flexibility index (Phi) is 7.85. The lowest BCUT2D eigenvalue weighted by Crippen LogP contribution is -2.42. The van der Waals surface area contributed by atoms with E-state index in [0.717, 1.165) is 63.6 Å². The minimum Gasteiger partial charge on any atom is -0.369 e. The molecule has 1 aromatic carbocycles. The zero-order valence-electron chi connectivity index (χ0n) is 17.9. The fourth-order valence-electron chi connectivity index (χ4n) is 4.42. The molecule has 0 spiro atoms. The van der Waals surface area contributed by atoms with Gasteiger partial charge in [0, 0.05) is 30.3 Å². The maximum absolute atomic E-state index is 12.5. The lowest BCUT2D eigenvalue weighted by Gasteiger charge is -2.31. The van der Waals surface area contributed by atoms with E-state index < -0.39 is 0 Å². The molecule has 0 radical (unpaired) electrons. The van der Waals surface area contributed by atoms with Gasteiger partial charge in [0.15, 0.2) is 0 Å². The predicted octanol–water partition coefficient (Wildman–Crippen LogP) is 2.44. The highest BCUT2D eigenvalue weighted by Crippen LogP contribution is 2.27. The van der Waals surface area contributed by atoms with Crippen LogP contribution in [0.2, 0.25) is 0 Å². The maximum Gasteiger partial charge on any atom is 0.251 e. The van der Waals surface area contributed by atoms with Crippen molar-refractivity contribution >= 4 is 23.4 Å². The van der Waals surface area contributed by atoms with E-state index in [1.54, 1.807) is 12.1 Å². The molecular formula is C23H34N4O3. The van der Waals surface area contributed by atoms with Gasteiger partial charge in [-0.1, -0.05) is 18.9 Å². The number of nitrogens with zero attached hydrogens (tertiary/aromatic N) is 1. The Labute approximate surface area is 178 Å². The van der Waals surface area contributed by atoms with E-state index in [1.807, 2.05) is 13.0 Å². The fraction of sp³-hybridized carbons (Fsp3) is 0.609. The molecule has 1 aliphatic carbocycles. The van der Waals surface area contributed by atoms with Crippen LogP contribution in [0, 0.1) is 18.8 Å². The summed E-state index contributed by atoms with van der Waals surface area (Å²) in [5.74, 6) is -0.267. The van der Waals surface area contributed by atoms with Crippen LogP contribution in [0.5, 0.6) is 0 Å². The second-order valence-corrected chi connectivity index (χ2v) is 8.65. The number of rotatable bonds is 8. The molecule has 164 valence electrons. The largest absolute Gasteiger partial charge is 0.369 e. The molecule has 1 saturated carbocycles. The van der Waals surface area contributed by atoms with Gasteiger partial charge in [0.1, 0.15) is 0 Å². The first kappa shape index (κ1) is 22.3. The molecule has 1 saturated heterocycles. The van der Waals surface area contributed by atoms with E-state index in [1.165, 1.54) is 0 Å². The van der Waals surface area contributed by atoms with E-state index in [-0.39, 0.29) is 29.6 Å². The van der Waals surface area contributed by atoms with Gasteiger partial charge in [0.05, 0.1) is 5.92 Å². The number of amides is 3. The molecule has 30 heavy (non-hydrogen) atoms. The first-order valence-corrected chi connectivity index (χ1v) is 11.2. The summed E-state index contributed by atoms with van der Waals surface area (Å²) in [5, 5.41) is 5.97. The number of carbonyl (C=O) groups is 3. The molecule has 0 bridgehead atoms. The van der Waals surface area contributed by atoms with Gasteiger partial charge in [0.2, 0.25) is 11.8 Å². The van der Waals surface area contributed by atoms with E-state index in [2.05, 4.69) is 15.5 Å². The zero-order valence-corrected chi connectivity index (χ0v) is 17.9. The molecule has 2 fully saturated rings. The summed E-state index contributed by atoms with van der Waals surface area (Å²) in [5.41, 5.74) is 7.64. The third kappa shape index (κ3) is 6.05. The summed E-state index contributed by atoms with van der Waals surface area (Å²) >= 11 is 0. The number of benzene rings is 1. The van der Waals surface area contributed by atoms with Crippen molar-refractivity contribution in [3.8, 4) is 0 Å². The summed E-state index contributed by atoms with van der Waals surface area (Å²) in [6.07, 6.45) is 6.79. The van der Waals surface area contributed by atoms with Crippen LogP contribution < -0.4 is 16.4 Å². The lowest BCUT2D eigenvalue weighted by atomic mass is 9.97. The number of hydrogen-bond acceptors (Lipinski definition) is 4. The van der Waals surface area contributed by atoms with E-state index >= 15 is 0 Å². The second-order valence-electron chi connectivity index (χ2n) is 8.65. The van der Waals surface area contributed by atoms with Crippen LogP contribution in [0.4, 0.5) is 5.69 Å². The van der Waals surface area contributed by atoms with Gasteiger partial charge in [-0.15, -0.1) is 0 Å². The fourth-order valence-corrected chi connectivity index (χ4v) is 4.42. The van der Waals surface area contributed by atoms with Crippen molar-refractivity contribution in [2.45, 2.75) is 51.9 Å². The van der Waals surface area contributed by atoms with Crippen LogP contribution in [-0.2, 0) is 9.59 Å². The van der Waals surface area contributed by atoms with Crippen molar-refractivity contribution < 1.29 is 14.4 Å². The van der Waals surface area contributed by atoms with Gasteiger partial charge < -0.3 is 21.3 Å². The van der Waals surface area contributed by atoms with Crippen molar-refractivity contribution in [3.05, 3.63) is 29.3 Å². The molecule has 0 aromatic heterocycles.